The Hall–Kier alpha value is -3.37. The number of carbonyl (C=O) groups is 1. The Morgan fingerprint density at radius 3 is 2.67 bits per heavy atom. The zero-order valence-corrected chi connectivity index (χ0v) is 18.4. The molecular formula is C23H20F3N3O3S. The Balaban J connectivity index is 1.54. The van der Waals surface area contributed by atoms with Crippen molar-refractivity contribution in [2.75, 3.05) is 25.6 Å². The van der Waals surface area contributed by atoms with E-state index in [0.717, 1.165) is 28.4 Å². The second kappa shape index (κ2) is 9.63. The monoisotopic (exact) mass is 475 g/mol. The molecule has 0 spiro atoms. The number of anilines is 1. The number of thiazole rings is 1. The fourth-order valence-electron chi connectivity index (χ4n) is 3.23. The van der Waals surface area contributed by atoms with E-state index in [1.165, 1.54) is 24.5 Å². The number of aromatic nitrogens is 2. The summed E-state index contributed by atoms with van der Waals surface area (Å²) in [6, 6.07) is 12.6. The van der Waals surface area contributed by atoms with Crippen molar-refractivity contribution in [3.05, 3.63) is 71.4 Å². The second-order valence-corrected chi connectivity index (χ2v) is 7.98. The number of benzene rings is 2. The van der Waals surface area contributed by atoms with E-state index in [2.05, 4.69) is 10.3 Å². The van der Waals surface area contributed by atoms with Crippen LogP contribution in [0.4, 0.5) is 18.9 Å². The number of imidazole rings is 1. The Bertz CT molecular complexity index is 1250. The van der Waals surface area contributed by atoms with Crippen LogP contribution in [-0.2, 0) is 22.1 Å². The molecule has 0 radical (unpaired) electrons. The number of nitrogens with zero attached hydrogens (tertiary/aromatic N) is 2. The minimum Gasteiger partial charge on any atom is -0.489 e. The van der Waals surface area contributed by atoms with Crippen LogP contribution in [0.3, 0.4) is 0 Å². The number of halogens is 3. The first-order valence-corrected chi connectivity index (χ1v) is 10.9. The average Bonchev–Trinajstić information content (AvgIpc) is 3.37. The largest absolute Gasteiger partial charge is 0.489 e. The lowest BCUT2D eigenvalue weighted by Gasteiger charge is -2.15. The van der Waals surface area contributed by atoms with Gasteiger partial charge in [0.25, 0.3) is 0 Å². The molecule has 0 aliphatic heterocycles. The van der Waals surface area contributed by atoms with Gasteiger partial charge in [0.15, 0.2) is 4.96 Å². The molecule has 2 aromatic carbocycles. The fraction of sp³-hybridized carbons (Fsp3) is 0.217. The zero-order chi connectivity index (χ0) is 23.4. The fourth-order valence-corrected chi connectivity index (χ4v) is 4.10. The van der Waals surface area contributed by atoms with E-state index in [1.54, 1.807) is 5.38 Å². The van der Waals surface area contributed by atoms with Crippen LogP contribution in [0, 0.1) is 0 Å². The molecule has 1 N–H and O–H groups in total. The number of nitrogens with one attached hydrogen (secondary N) is 1. The third-order valence-electron chi connectivity index (χ3n) is 4.82. The van der Waals surface area contributed by atoms with Crippen LogP contribution in [0.5, 0.6) is 5.75 Å². The standard InChI is InChI=1S/C23H20F3N3O3S/c1-31-9-10-32-20-8-7-16(23(24,25)26)11-18(20)27-21(30)12-17-14-33-22-28-19(13-29(17)22)15-5-3-2-4-6-15/h2-8,11,13-14H,9-10,12H2,1H3,(H,27,30). The van der Waals surface area contributed by atoms with Crippen LogP contribution in [0.1, 0.15) is 11.3 Å². The number of hydrogen-bond acceptors (Lipinski definition) is 5. The van der Waals surface area contributed by atoms with Crippen LogP contribution >= 0.6 is 11.3 Å². The van der Waals surface area contributed by atoms with Crippen molar-refractivity contribution in [2.24, 2.45) is 0 Å². The molecule has 172 valence electrons. The predicted octanol–water partition coefficient (Wildman–Crippen LogP) is 5.29. The Morgan fingerprint density at radius 2 is 1.94 bits per heavy atom. The molecule has 2 heterocycles. The van der Waals surface area contributed by atoms with Gasteiger partial charge in [0.2, 0.25) is 5.91 Å². The van der Waals surface area contributed by atoms with Crippen molar-refractivity contribution < 1.29 is 27.4 Å². The third kappa shape index (κ3) is 5.35. The molecule has 2 aromatic heterocycles. The molecule has 0 atom stereocenters. The number of rotatable bonds is 8. The maximum atomic E-state index is 13.2. The van der Waals surface area contributed by atoms with Gasteiger partial charge in [-0.25, -0.2) is 4.98 Å². The first-order chi connectivity index (χ1) is 15.8. The van der Waals surface area contributed by atoms with Gasteiger partial charge in [-0.3, -0.25) is 9.20 Å². The van der Waals surface area contributed by atoms with Crippen LogP contribution in [0.25, 0.3) is 16.2 Å². The molecule has 33 heavy (non-hydrogen) atoms. The summed E-state index contributed by atoms with van der Waals surface area (Å²) in [6.07, 6.45) is -2.75. The van der Waals surface area contributed by atoms with Gasteiger partial charge < -0.3 is 14.8 Å². The molecule has 0 bridgehead atoms. The lowest BCUT2D eigenvalue weighted by Crippen LogP contribution is -2.17. The van der Waals surface area contributed by atoms with Crippen molar-refractivity contribution in [1.82, 2.24) is 9.38 Å². The highest BCUT2D eigenvalue weighted by atomic mass is 32.1. The van der Waals surface area contributed by atoms with E-state index in [9.17, 15) is 18.0 Å². The van der Waals surface area contributed by atoms with E-state index in [0.29, 0.717) is 5.69 Å². The summed E-state index contributed by atoms with van der Waals surface area (Å²) in [5.74, 6) is -0.335. The molecule has 0 aliphatic rings. The molecule has 1 amide bonds. The first-order valence-electron chi connectivity index (χ1n) is 9.99. The summed E-state index contributed by atoms with van der Waals surface area (Å²) in [7, 11) is 1.49. The van der Waals surface area contributed by atoms with Crippen molar-refractivity contribution >= 4 is 27.9 Å². The lowest BCUT2D eigenvalue weighted by molar-refractivity contribution is -0.137. The molecule has 6 nitrogen and oxygen atoms in total. The Kier molecular flexibility index (Phi) is 6.66. The SMILES string of the molecule is COCCOc1ccc(C(F)(F)F)cc1NC(=O)Cc1csc2nc(-c3ccccc3)cn12. The number of methoxy groups -OCH3 is 1. The first kappa shape index (κ1) is 22.8. The maximum absolute atomic E-state index is 13.2. The van der Waals surface area contributed by atoms with E-state index >= 15 is 0 Å². The van der Waals surface area contributed by atoms with Crippen LogP contribution in [0.2, 0.25) is 0 Å². The summed E-state index contributed by atoms with van der Waals surface area (Å²) in [6.45, 7) is 0.388. The van der Waals surface area contributed by atoms with Crippen LogP contribution < -0.4 is 10.1 Å². The Morgan fingerprint density at radius 1 is 1.15 bits per heavy atom. The van der Waals surface area contributed by atoms with E-state index in [1.807, 2.05) is 40.9 Å². The van der Waals surface area contributed by atoms with Gasteiger partial charge in [-0.15, -0.1) is 11.3 Å². The van der Waals surface area contributed by atoms with Crippen LogP contribution in [0.15, 0.2) is 60.1 Å². The normalized spacial score (nSPS) is 11.6. The summed E-state index contributed by atoms with van der Waals surface area (Å²) in [4.78, 5) is 18.0. The van der Waals surface area contributed by atoms with Crippen molar-refractivity contribution in [1.29, 1.82) is 0 Å². The van der Waals surface area contributed by atoms with Gasteiger partial charge in [0, 0.05) is 29.9 Å². The molecule has 0 saturated heterocycles. The second-order valence-electron chi connectivity index (χ2n) is 7.15. The number of fused-ring (bicyclic) bond motifs is 1. The molecule has 4 rings (SSSR count). The Labute approximate surface area is 191 Å². The van der Waals surface area contributed by atoms with Gasteiger partial charge in [0.1, 0.15) is 12.4 Å². The number of carbonyl (C=O) groups excluding carboxylic acids is 1. The smallest absolute Gasteiger partial charge is 0.416 e. The molecule has 0 fully saturated rings. The molecule has 10 heteroatoms. The molecule has 0 unspecified atom stereocenters. The van der Waals surface area contributed by atoms with E-state index in [4.69, 9.17) is 9.47 Å². The average molecular weight is 475 g/mol. The third-order valence-corrected chi connectivity index (χ3v) is 5.71. The van der Waals surface area contributed by atoms with Gasteiger partial charge >= 0.3 is 6.18 Å². The topological polar surface area (TPSA) is 64.9 Å². The maximum Gasteiger partial charge on any atom is 0.416 e. The van der Waals surface area contributed by atoms with Gasteiger partial charge in [0.05, 0.1) is 30.0 Å². The molecule has 4 aromatic rings. The van der Waals surface area contributed by atoms with Crippen molar-refractivity contribution in [2.45, 2.75) is 12.6 Å². The molecule has 0 saturated carbocycles. The van der Waals surface area contributed by atoms with Gasteiger partial charge in [-0.2, -0.15) is 13.2 Å². The van der Waals surface area contributed by atoms with E-state index in [-0.39, 0.29) is 31.1 Å². The summed E-state index contributed by atoms with van der Waals surface area (Å²) < 4.78 is 51.8. The minimum absolute atomic E-state index is 0.0433. The molecule has 0 aliphatic carbocycles. The number of amides is 1. The predicted molar refractivity (Wildman–Crippen MR) is 120 cm³/mol. The highest BCUT2D eigenvalue weighted by molar-refractivity contribution is 7.15. The number of hydrogen-bond donors (Lipinski definition) is 1. The van der Waals surface area contributed by atoms with Gasteiger partial charge in [-0.05, 0) is 18.2 Å². The summed E-state index contributed by atoms with van der Waals surface area (Å²) in [5.41, 5.74) is 1.47. The lowest BCUT2D eigenvalue weighted by atomic mass is 10.1. The van der Waals surface area contributed by atoms with Crippen molar-refractivity contribution in [3.8, 4) is 17.0 Å². The van der Waals surface area contributed by atoms with Crippen molar-refractivity contribution in [3.63, 3.8) is 0 Å². The quantitative estimate of drug-likeness (QED) is 0.352. The van der Waals surface area contributed by atoms with Crippen LogP contribution in [-0.4, -0.2) is 35.6 Å². The number of alkyl halides is 3. The van der Waals surface area contributed by atoms with Gasteiger partial charge in [-0.1, -0.05) is 30.3 Å². The number of ether oxygens (including phenoxy) is 2. The highest BCUT2D eigenvalue weighted by Gasteiger charge is 2.31. The zero-order valence-electron chi connectivity index (χ0n) is 17.6. The minimum atomic E-state index is -4.55. The summed E-state index contributed by atoms with van der Waals surface area (Å²) in [5, 5.41) is 4.36. The highest BCUT2D eigenvalue weighted by Crippen LogP contribution is 2.35. The van der Waals surface area contributed by atoms with E-state index < -0.39 is 17.6 Å². The summed E-state index contributed by atoms with van der Waals surface area (Å²) >= 11 is 1.38. The molecular weight excluding hydrogens is 455 g/mol.